The summed E-state index contributed by atoms with van der Waals surface area (Å²) in [5.74, 6) is 2.76. The van der Waals surface area contributed by atoms with E-state index in [1.54, 1.807) is 0 Å². The van der Waals surface area contributed by atoms with E-state index in [4.69, 9.17) is 0 Å². The number of carbonyl (C=O) groups is 1. The number of Topliss-reactive ketones (excluding diaryl/α,β-unsaturated/α-hetero) is 1. The lowest BCUT2D eigenvalue weighted by molar-refractivity contribution is -0.114. The molecule has 0 aliphatic heterocycles. The molecule has 0 spiro atoms. The van der Waals surface area contributed by atoms with Crippen molar-refractivity contribution in [2.24, 2.45) is 11.8 Å². The molecule has 0 saturated heterocycles. The summed E-state index contributed by atoms with van der Waals surface area (Å²) in [6.45, 7) is 20.5. The van der Waals surface area contributed by atoms with Crippen LogP contribution in [-0.4, -0.2) is 15.8 Å². The largest absolute Gasteiger partial charge is 0.300 e. The van der Waals surface area contributed by atoms with Crippen molar-refractivity contribution in [3.05, 3.63) is 23.8 Å². The van der Waals surface area contributed by atoms with E-state index < -0.39 is 0 Å². The van der Waals surface area contributed by atoms with E-state index in [2.05, 4.69) is 58.4 Å². The van der Waals surface area contributed by atoms with Crippen LogP contribution in [0, 0.1) is 18.8 Å². The normalized spacial score (nSPS) is 9.48. The fourth-order valence-electron chi connectivity index (χ4n) is 1.73. The van der Waals surface area contributed by atoms with E-state index in [0.29, 0.717) is 0 Å². The van der Waals surface area contributed by atoms with Crippen LogP contribution in [0.5, 0.6) is 0 Å². The highest BCUT2D eigenvalue weighted by Crippen LogP contribution is 2.06. The number of nitrogens with zero attached hydrogens (tertiary/aromatic N) is 2. The first-order valence-corrected chi connectivity index (χ1v) is 10.8. The Hall–Kier alpha value is -1.25. The highest BCUT2D eigenvalue weighted by Gasteiger charge is 1.92. The molecule has 0 N–H and O–H groups in total. The van der Waals surface area contributed by atoms with E-state index in [9.17, 15) is 4.79 Å². The maximum Gasteiger partial charge on any atom is 0.126 e. The van der Waals surface area contributed by atoms with Crippen LogP contribution in [0.25, 0.3) is 0 Å². The van der Waals surface area contributed by atoms with Gasteiger partial charge in [-0.15, -0.1) is 0 Å². The minimum Gasteiger partial charge on any atom is -0.300 e. The molecule has 0 fully saturated rings. The van der Waals surface area contributed by atoms with Crippen molar-refractivity contribution in [3.8, 4) is 0 Å². The van der Waals surface area contributed by atoms with Crippen molar-refractivity contribution in [1.82, 2.24) is 9.97 Å². The van der Waals surface area contributed by atoms with Crippen LogP contribution < -0.4 is 0 Å². The molecule has 3 nitrogen and oxygen atoms in total. The molecule has 0 aliphatic carbocycles. The van der Waals surface area contributed by atoms with Gasteiger partial charge in [-0.1, -0.05) is 80.6 Å². The SMILES string of the molecule is CC(C)=O.CC(C)C.CCCCCC(C)C.CCCCc1cnc(C)nc1. The van der Waals surface area contributed by atoms with Crippen molar-refractivity contribution in [2.75, 3.05) is 0 Å². The monoisotopic (exact) mass is 380 g/mol. The highest BCUT2D eigenvalue weighted by atomic mass is 16.1. The van der Waals surface area contributed by atoms with Gasteiger partial charge in [-0.05, 0) is 51.0 Å². The van der Waals surface area contributed by atoms with Gasteiger partial charge in [-0.25, -0.2) is 9.97 Å². The number of ketones is 1. The molecule has 160 valence electrons. The molecule has 1 rings (SSSR count). The molecule has 0 amide bonds. The molecule has 0 aliphatic rings. The fraction of sp³-hybridized carbons (Fsp3) is 0.792. The quantitative estimate of drug-likeness (QED) is 0.457. The molecule has 1 aromatic heterocycles. The summed E-state index contributed by atoms with van der Waals surface area (Å²) in [5, 5.41) is 0. The van der Waals surface area contributed by atoms with Crippen LogP contribution in [0.4, 0.5) is 0 Å². The van der Waals surface area contributed by atoms with E-state index in [1.807, 2.05) is 19.3 Å². The molecule has 0 bridgehead atoms. The van der Waals surface area contributed by atoms with Crippen LogP contribution >= 0.6 is 0 Å². The molecule has 1 aromatic rings. The number of hydrogen-bond acceptors (Lipinski definition) is 3. The summed E-state index contributed by atoms with van der Waals surface area (Å²) in [6.07, 6.45) is 13.0. The summed E-state index contributed by atoms with van der Waals surface area (Å²) in [6, 6.07) is 0. The van der Waals surface area contributed by atoms with Gasteiger partial charge in [0.25, 0.3) is 0 Å². The predicted octanol–water partition coefficient (Wildman–Crippen LogP) is 7.61. The summed E-state index contributed by atoms with van der Waals surface area (Å²) in [5.41, 5.74) is 1.25. The Morgan fingerprint density at radius 3 is 1.63 bits per heavy atom. The van der Waals surface area contributed by atoms with Crippen LogP contribution in [0.3, 0.4) is 0 Å². The Kier molecular flexibility index (Phi) is 25.7. The predicted molar refractivity (Wildman–Crippen MR) is 121 cm³/mol. The van der Waals surface area contributed by atoms with Crippen molar-refractivity contribution < 1.29 is 4.79 Å². The van der Waals surface area contributed by atoms with Gasteiger partial charge in [-0.2, -0.15) is 0 Å². The van der Waals surface area contributed by atoms with Crippen molar-refractivity contribution in [2.45, 2.75) is 114 Å². The first-order valence-electron chi connectivity index (χ1n) is 10.8. The zero-order valence-electron chi connectivity index (χ0n) is 20.1. The third-order valence-electron chi connectivity index (χ3n) is 3.04. The topological polar surface area (TPSA) is 42.9 Å². The number of unbranched alkanes of at least 4 members (excludes halogenated alkanes) is 3. The smallest absolute Gasteiger partial charge is 0.126 e. The zero-order chi connectivity index (χ0) is 21.7. The van der Waals surface area contributed by atoms with Crippen molar-refractivity contribution >= 4 is 5.78 Å². The van der Waals surface area contributed by atoms with E-state index >= 15 is 0 Å². The molecule has 3 heteroatoms. The Bertz CT molecular complexity index is 404. The number of hydrogen-bond donors (Lipinski definition) is 0. The molecule has 0 saturated carbocycles. The van der Waals surface area contributed by atoms with Crippen molar-refractivity contribution in [3.63, 3.8) is 0 Å². The molecule has 27 heavy (non-hydrogen) atoms. The van der Waals surface area contributed by atoms with E-state index in [1.165, 1.54) is 57.9 Å². The molecule has 0 radical (unpaired) electrons. The van der Waals surface area contributed by atoms with Gasteiger partial charge in [0, 0.05) is 12.4 Å². The number of aromatic nitrogens is 2. The van der Waals surface area contributed by atoms with Gasteiger partial charge < -0.3 is 4.79 Å². The van der Waals surface area contributed by atoms with E-state index in [0.717, 1.165) is 24.1 Å². The van der Waals surface area contributed by atoms with Crippen LogP contribution in [-0.2, 0) is 11.2 Å². The Morgan fingerprint density at radius 2 is 1.30 bits per heavy atom. The van der Waals surface area contributed by atoms with Gasteiger partial charge in [0.05, 0.1) is 0 Å². The third-order valence-corrected chi connectivity index (χ3v) is 3.04. The maximum absolute atomic E-state index is 9.44. The molecule has 0 aromatic carbocycles. The summed E-state index contributed by atoms with van der Waals surface area (Å²) >= 11 is 0. The lowest BCUT2D eigenvalue weighted by Crippen LogP contribution is -1.91. The van der Waals surface area contributed by atoms with Gasteiger partial charge in [0.2, 0.25) is 0 Å². The summed E-state index contributed by atoms with van der Waals surface area (Å²) < 4.78 is 0. The van der Waals surface area contributed by atoms with Gasteiger partial charge >= 0.3 is 0 Å². The minimum absolute atomic E-state index is 0.167. The lowest BCUT2D eigenvalue weighted by atomic mass is 10.1. The van der Waals surface area contributed by atoms with Gasteiger partial charge in [0.15, 0.2) is 0 Å². The van der Waals surface area contributed by atoms with Gasteiger partial charge in [-0.3, -0.25) is 0 Å². The van der Waals surface area contributed by atoms with Gasteiger partial charge in [0.1, 0.15) is 11.6 Å². The second-order valence-corrected chi connectivity index (χ2v) is 8.27. The van der Waals surface area contributed by atoms with Crippen LogP contribution in [0.1, 0.15) is 112 Å². The molecule has 0 unspecified atom stereocenters. The minimum atomic E-state index is 0.167. The molecule has 0 atom stereocenters. The first kappa shape index (κ1) is 30.5. The summed E-state index contributed by atoms with van der Waals surface area (Å²) in [4.78, 5) is 17.7. The highest BCUT2D eigenvalue weighted by molar-refractivity contribution is 5.72. The Balaban J connectivity index is -0.000000316. The Labute approximate surface area is 170 Å². The van der Waals surface area contributed by atoms with E-state index in [-0.39, 0.29) is 5.78 Å². The zero-order valence-corrected chi connectivity index (χ0v) is 20.1. The average Bonchev–Trinajstić information content (AvgIpc) is 2.54. The number of carbonyl (C=O) groups excluding carboxylic acids is 1. The fourth-order valence-corrected chi connectivity index (χ4v) is 1.73. The van der Waals surface area contributed by atoms with Crippen LogP contribution in [0.2, 0.25) is 0 Å². The second kappa shape index (κ2) is 22.8. The molecular formula is C24H48N2O. The second-order valence-electron chi connectivity index (χ2n) is 8.27. The first-order chi connectivity index (χ1) is 12.6. The average molecular weight is 381 g/mol. The number of rotatable bonds is 7. The number of aryl methyl sites for hydroxylation is 2. The lowest BCUT2D eigenvalue weighted by Gasteiger charge is -2.00. The van der Waals surface area contributed by atoms with Crippen LogP contribution in [0.15, 0.2) is 12.4 Å². The maximum atomic E-state index is 9.44. The molecular weight excluding hydrogens is 332 g/mol. The molecule has 1 heterocycles. The summed E-state index contributed by atoms with van der Waals surface area (Å²) in [7, 11) is 0. The third kappa shape index (κ3) is 40.7. The van der Waals surface area contributed by atoms with Crippen molar-refractivity contribution in [1.29, 1.82) is 0 Å². The Morgan fingerprint density at radius 1 is 0.889 bits per heavy atom. The standard InChI is InChI=1S/C9H14N2.C8H18.C4H10.C3H6O/c1-3-4-5-9-6-10-8(2)11-7-9;1-4-5-6-7-8(2)3;1-4(2)3;1-3(2)4/h6-7H,3-5H2,1-2H3;8H,4-7H2,1-3H3;4H,1-3H3;1-2H3.